The van der Waals surface area contributed by atoms with E-state index in [0.29, 0.717) is 11.1 Å². The van der Waals surface area contributed by atoms with E-state index in [1.54, 1.807) is 12.4 Å². The summed E-state index contributed by atoms with van der Waals surface area (Å²) in [5.74, 6) is -0.223. The molecule has 170 valence electrons. The van der Waals surface area contributed by atoms with E-state index in [9.17, 15) is 9.59 Å². The van der Waals surface area contributed by atoms with Crippen LogP contribution in [0.4, 0.5) is 11.4 Å². The van der Waals surface area contributed by atoms with Crippen LogP contribution in [-0.4, -0.2) is 20.4 Å². The summed E-state index contributed by atoms with van der Waals surface area (Å²) in [6.45, 7) is 10.1. The van der Waals surface area contributed by atoms with E-state index in [1.165, 1.54) is 0 Å². The van der Waals surface area contributed by atoms with Crippen molar-refractivity contribution in [3.63, 3.8) is 0 Å². The van der Waals surface area contributed by atoms with Crippen LogP contribution >= 0.6 is 0 Å². The number of nitrogens with one attached hydrogen (secondary N) is 3. The molecule has 1 aromatic carbocycles. The second kappa shape index (κ2) is 8.94. The molecule has 0 atom stereocenters. The molecule has 4 rings (SSSR count). The lowest BCUT2D eigenvalue weighted by atomic mass is 10.0. The normalized spacial score (nSPS) is 11.2. The Balaban J connectivity index is 1.75. The van der Waals surface area contributed by atoms with Crippen LogP contribution in [0.25, 0.3) is 10.9 Å². The molecule has 0 saturated carbocycles. The van der Waals surface area contributed by atoms with Crippen LogP contribution < -0.4 is 16.2 Å². The van der Waals surface area contributed by atoms with Crippen LogP contribution in [0.2, 0.25) is 0 Å². The number of nitrogens with zero attached hydrogens (tertiary/aromatic N) is 2. The fourth-order valence-corrected chi connectivity index (χ4v) is 4.23. The number of carbonyl (C=O) groups excluding carboxylic acids is 1. The number of carbonyl (C=O) groups is 1. The van der Waals surface area contributed by atoms with Crippen molar-refractivity contribution in [1.29, 1.82) is 0 Å². The van der Waals surface area contributed by atoms with Crippen LogP contribution in [0.15, 0.2) is 53.7 Å². The Morgan fingerprint density at radius 3 is 2.58 bits per heavy atom. The van der Waals surface area contributed by atoms with E-state index in [-0.39, 0.29) is 24.1 Å². The van der Waals surface area contributed by atoms with Crippen molar-refractivity contribution in [2.75, 3.05) is 5.32 Å². The smallest absolute Gasteiger partial charge is 0.253 e. The topological polar surface area (TPSA) is 91.8 Å². The minimum absolute atomic E-state index is 0.159. The molecule has 3 heterocycles. The van der Waals surface area contributed by atoms with Crippen molar-refractivity contribution < 1.29 is 4.79 Å². The maximum absolute atomic E-state index is 13.4. The molecule has 0 unspecified atom stereocenters. The minimum atomic E-state index is -0.223. The number of fused-ring (bicyclic) bond motifs is 1. The van der Waals surface area contributed by atoms with Gasteiger partial charge in [-0.3, -0.25) is 14.6 Å². The molecule has 7 nitrogen and oxygen atoms in total. The van der Waals surface area contributed by atoms with Crippen molar-refractivity contribution in [2.24, 2.45) is 0 Å². The summed E-state index contributed by atoms with van der Waals surface area (Å²) in [6.07, 6.45) is 5.53. The second-order valence-corrected chi connectivity index (χ2v) is 8.72. The number of amides is 1. The van der Waals surface area contributed by atoms with Gasteiger partial charge in [-0.1, -0.05) is 0 Å². The molecule has 0 aliphatic rings. The lowest BCUT2D eigenvalue weighted by Gasteiger charge is -2.14. The first kappa shape index (κ1) is 22.3. The standard InChI is InChI=1S/C26H29N5O2/c1-15(2)31-14-17(4)24-21(10-20(11-23(24)31)30-19-7-6-8-27-12-19)25(32)28-13-22-16(3)9-18(5)29-26(22)33/h6-12,14-15,30H,13H2,1-5H3,(H,28,32)(H,29,33). The third kappa shape index (κ3) is 4.53. The zero-order valence-electron chi connectivity index (χ0n) is 19.6. The van der Waals surface area contributed by atoms with Crippen LogP contribution in [0, 0.1) is 20.8 Å². The Hall–Kier alpha value is -3.87. The number of benzene rings is 1. The SMILES string of the molecule is Cc1cc(C)c(CNC(=O)c2cc(Nc3cccnc3)cc3c2c(C)cn3C(C)C)c(=O)[nH]1. The van der Waals surface area contributed by atoms with Crippen molar-refractivity contribution in [1.82, 2.24) is 19.9 Å². The predicted octanol–water partition coefficient (Wildman–Crippen LogP) is 4.90. The summed E-state index contributed by atoms with van der Waals surface area (Å²) in [7, 11) is 0. The van der Waals surface area contributed by atoms with E-state index >= 15 is 0 Å². The van der Waals surface area contributed by atoms with Gasteiger partial charge in [-0.15, -0.1) is 0 Å². The van der Waals surface area contributed by atoms with Gasteiger partial charge in [0.1, 0.15) is 0 Å². The molecule has 0 aliphatic heterocycles. The van der Waals surface area contributed by atoms with Gasteiger partial charge in [0.05, 0.1) is 23.0 Å². The molecular formula is C26H29N5O2. The Kier molecular flexibility index (Phi) is 6.05. The first-order chi connectivity index (χ1) is 15.7. The number of hydrogen-bond acceptors (Lipinski definition) is 4. The maximum atomic E-state index is 13.4. The summed E-state index contributed by atoms with van der Waals surface area (Å²) >= 11 is 0. The van der Waals surface area contributed by atoms with Gasteiger partial charge in [-0.2, -0.15) is 0 Å². The number of pyridine rings is 2. The van der Waals surface area contributed by atoms with Crippen molar-refractivity contribution in [2.45, 2.75) is 47.2 Å². The van der Waals surface area contributed by atoms with Gasteiger partial charge in [0.25, 0.3) is 11.5 Å². The molecule has 0 fully saturated rings. The molecule has 3 aromatic heterocycles. The fourth-order valence-electron chi connectivity index (χ4n) is 4.23. The highest BCUT2D eigenvalue weighted by Gasteiger charge is 2.19. The van der Waals surface area contributed by atoms with Crippen molar-refractivity contribution in [3.05, 3.63) is 87.2 Å². The molecule has 0 aliphatic carbocycles. The van der Waals surface area contributed by atoms with Gasteiger partial charge in [-0.05, 0) is 76.1 Å². The van der Waals surface area contributed by atoms with Gasteiger partial charge >= 0.3 is 0 Å². The average Bonchev–Trinajstić information content (AvgIpc) is 3.09. The Bertz CT molecular complexity index is 1380. The van der Waals surface area contributed by atoms with Crippen LogP contribution in [0.1, 0.15) is 52.6 Å². The fraction of sp³-hybridized carbons (Fsp3) is 0.269. The molecule has 4 aromatic rings. The van der Waals surface area contributed by atoms with Crippen LogP contribution in [0.3, 0.4) is 0 Å². The first-order valence-electron chi connectivity index (χ1n) is 11.0. The molecular weight excluding hydrogens is 414 g/mol. The molecule has 0 radical (unpaired) electrons. The largest absolute Gasteiger partial charge is 0.354 e. The Labute approximate surface area is 192 Å². The molecule has 3 N–H and O–H groups in total. The predicted molar refractivity (Wildman–Crippen MR) is 132 cm³/mol. The summed E-state index contributed by atoms with van der Waals surface area (Å²) in [4.78, 5) is 32.7. The van der Waals surface area contributed by atoms with Gasteiger partial charge in [0, 0.05) is 47.3 Å². The lowest BCUT2D eigenvalue weighted by Crippen LogP contribution is -2.28. The average molecular weight is 444 g/mol. The van der Waals surface area contributed by atoms with Crippen LogP contribution in [-0.2, 0) is 6.54 Å². The summed E-state index contributed by atoms with van der Waals surface area (Å²) in [6, 6.07) is 9.84. The first-order valence-corrected chi connectivity index (χ1v) is 11.0. The number of H-pyrrole nitrogens is 1. The molecule has 7 heteroatoms. The summed E-state index contributed by atoms with van der Waals surface area (Å²) in [5, 5.41) is 7.22. The van der Waals surface area contributed by atoms with Crippen molar-refractivity contribution in [3.8, 4) is 0 Å². The molecule has 0 saturated heterocycles. The zero-order chi connectivity index (χ0) is 23.7. The number of aromatic nitrogens is 3. The van der Waals surface area contributed by atoms with E-state index in [0.717, 1.165) is 39.1 Å². The summed E-state index contributed by atoms with van der Waals surface area (Å²) < 4.78 is 2.17. The Morgan fingerprint density at radius 1 is 1.12 bits per heavy atom. The Morgan fingerprint density at radius 2 is 1.91 bits per heavy atom. The molecule has 33 heavy (non-hydrogen) atoms. The quantitative estimate of drug-likeness (QED) is 0.395. The number of aromatic amines is 1. The molecule has 0 bridgehead atoms. The minimum Gasteiger partial charge on any atom is -0.354 e. The third-order valence-electron chi connectivity index (χ3n) is 5.79. The molecule has 0 spiro atoms. The summed E-state index contributed by atoms with van der Waals surface area (Å²) in [5.41, 5.74) is 6.25. The van der Waals surface area contributed by atoms with Crippen LogP contribution in [0.5, 0.6) is 0 Å². The third-order valence-corrected chi connectivity index (χ3v) is 5.79. The monoisotopic (exact) mass is 443 g/mol. The van der Waals surface area contributed by atoms with Gasteiger partial charge in [-0.25, -0.2) is 0 Å². The highest BCUT2D eigenvalue weighted by Crippen LogP contribution is 2.32. The van der Waals surface area contributed by atoms with E-state index in [2.05, 4.69) is 51.3 Å². The van der Waals surface area contributed by atoms with Gasteiger partial charge in [0.2, 0.25) is 0 Å². The zero-order valence-corrected chi connectivity index (χ0v) is 19.6. The number of rotatable bonds is 6. The molecule has 1 amide bonds. The van der Waals surface area contributed by atoms with E-state index in [1.807, 2.05) is 45.0 Å². The second-order valence-electron chi connectivity index (χ2n) is 8.72. The lowest BCUT2D eigenvalue weighted by molar-refractivity contribution is 0.0952. The number of hydrogen-bond donors (Lipinski definition) is 3. The maximum Gasteiger partial charge on any atom is 0.253 e. The van der Waals surface area contributed by atoms with E-state index in [4.69, 9.17) is 0 Å². The van der Waals surface area contributed by atoms with Crippen molar-refractivity contribution >= 4 is 28.2 Å². The van der Waals surface area contributed by atoms with Gasteiger partial charge < -0.3 is 20.2 Å². The van der Waals surface area contributed by atoms with E-state index < -0.39 is 0 Å². The van der Waals surface area contributed by atoms with Gasteiger partial charge in [0.15, 0.2) is 0 Å². The number of anilines is 2. The highest BCUT2D eigenvalue weighted by atomic mass is 16.1. The highest BCUT2D eigenvalue weighted by molar-refractivity contribution is 6.09. The number of aryl methyl sites for hydroxylation is 3.